The van der Waals surface area contributed by atoms with Crippen molar-refractivity contribution in [3.05, 3.63) is 86.6 Å². The van der Waals surface area contributed by atoms with Gasteiger partial charge in [-0.15, -0.1) is 0 Å². The highest BCUT2D eigenvalue weighted by molar-refractivity contribution is 6.44. The van der Waals surface area contributed by atoms with Crippen molar-refractivity contribution in [1.82, 2.24) is 0 Å². The summed E-state index contributed by atoms with van der Waals surface area (Å²) in [5.41, 5.74) is 9.72. The molecule has 2 nitrogen and oxygen atoms in total. The number of halogens is 2. The van der Waals surface area contributed by atoms with Crippen LogP contribution in [0.5, 0.6) is 0 Å². The number of hydrogen-bond donors (Lipinski definition) is 0. The fourth-order valence-corrected chi connectivity index (χ4v) is 5.10. The monoisotopic (exact) mass is 507 g/mol. The maximum absolute atomic E-state index is 6.89. The van der Waals surface area contributed by atoms with Gasteiger partial charge in [-0.1, -0.05) is 82.9 Å². The molecule has 184 valence electrons. The summed E-state index contributed by atoms with van der Waals surface area (Å²) in [6.45, 7) is 19.8. The first-order chi connectivity index (χ1) is 16.2. The Morgan fingerprint density at radius 3 is 1.89 bits per heavy atom. The van der Waals surface area contributed by atoms with E-state index in [2.05, 4.69) is 96.7 Å². The molecule has 0 amide bonds. The molecular formula is C31H35Cl2NO. The Labute approximate surface area is 219 Å². The zero-order valence-corrected chi connectivity index (χ0v) is 23.7. The summed E-state index contributed by atoms with van der Waals surface area (Å²) in [7, 11) is 0. The predicted octanol–water partition coefficient (Wildman–Crippen LogP) is 10.7. The molecule has 0 atom stereocenters. The average Bonchev–Trinajstić information content (AvgIpc) is 3.15. The third-order valence-corrected chi connectivity index (χ3v) is 7.43. The molecule has 0 spiro atoms. The quantitative estimate of drug-likeness (QED) is 0.274. The van der Waals surface area contributed by atoms with Crippen molar-refractivity contribution < 1.29 is 4.42 Å². The molecule has 0 aliphatic heterocycles. The lowest BCUT2D eigenvalue weighted by Crippen LogP contribution is -2.17. The van der Waals surface area contributed by atoms with E-state index in [9.17, 15) is 0 Å². The Kier molecular flexibility index (Phi) is 6.53. The van der Waals surface area contributed by atoms with Gasteiger partial charge in [-0.05, 0) is 83.7 Å². The predicted molar refractivity (Wildman–Crippen MR) is 153 cm³/mol. The lowest BCUT2D eigenvalue weighted by molar-refractivity contribution is 0.589. The van der Waals surface area contributed by atoms with Crippen LogP contribution in [-0.2, 0) is 10.8 Å². The number of fused-ring (bicyclic) bond motifs is 1. The molecule has 0 radical (unpaired) electrons. The van der Waals surface area contributed by atoms with E-state index in [4.69, 9.17) is 27.6 Å². The zero-order chi connectivity index (χ0) is 25.9. The topological polar surface area (TPSA) is 16.4 Å². The second kappa shape index (κ2) is 8.91. The zero-order valence-electron chi connectivity index (χ0n) is 22.2. The van der Waals surface area contributed by atoms with E-state index >= 15 is 0 Å². The number of benzene rings is 3. The molecule has 0 unspecified atom stereocenters. The van der Waals surface area contributed by atoms with Gasteiger partial charge < -0.3 is 9.32 Å². The molecule has 0 saturated carbocycles. The molecular weight excluding hydrogens is 473 g/mol. The van der Waals surface area contributed by atoms with Crippen LogP contribution in [-0.4, -0.2) is 0 Å². The number of anilines is 3. The van der Waals surface area contributed by atoms with Gasteiger partial charge in [-0.25, -0.2) is 0 Å². The van der Waals surface area contributed by atoms with Gasteiger partial charge in [-0.2, -0.15) is 0 Å². The van der Waals surface area contributed by atoms with Gasteiger partial charge in [0.05, 0.1) is 27.1 Å². The molecule has 1 heterocycles. The molecule has 0 fully saturated rings. The maximum Gasteiger partial charge on any atom is 0.136 e. The molecule has 0 aliphatic carbocycles. The van der Waals surface area contributed by atoms with Crippen LogP contribution in [0.2, 0.25) is 10.0 Å². The van der Waals surface area contributed by atoms with E-state index in [1.807, 2.05) is 19.3 Å². The van der Waals surface area contributed by atoms with Crippen LogP contribution < -0.4 is 4.90 Å². The van der Waals surface area contributed by atoms with E-state index in [1.165, 1.54) is 22.3 Å². The van der Waals surface area contributed by atoms with Gasteiger partial charge in [-0.3, -0.25) is 0 Å². The molecule has 4 heteroatoms. The van der Waals surface area contributed by atoms with E-state index in [-0.39, 0.29) is 10.8 Å². The second-order valence-corrected chi connectivity index (χ2v) is 12.5. The van der Waals surface area contributed by atoms with Gasteiger partial charge in [0.15, 0.2) is 0 Å². The van der Waals surface area contributed by atoms with E-state index in [0.29, 0.717) is 10.0 Å². The molecule has 0 N–H and O–H groups in total. The highest BCUT2D eigenvalue weighted by Gasteiger charge is 2.27. The Morgan fingerprint density at radius 2 is 1.31 bits per heavy atom. The maximum atomic E-state index is 6.89. The summed E-state index contributed by atoms with van der Waals surface area (Å²) in [6.07, 6.45) is 1.83. The molecule has 3 aromatic carbocycles. The van der Waals surface area contributed by atoms with Crippen LogP contribution in [0.25, 0.3) is 11.0 Å². The van der Waals surface area contributed by atoms with Crippen LogP contribution >= 0.6 is 23.2 Å². The van der Waals surface area contributed by atoms with Crippen molar-refractivity contribution in [3.8, 4) is 0 Å². The number of hydrogen-bond acceptors (Lipinski definition) is 2. The first-order valence-electron chi connectivity index (χ1n) is 12.1. The van der Waals surface area contributed by atoms with Gasteiger partial charge in [0.25, 0.3) is 0 Å². The van der Waals surface area contributed by atoms with Crippen LogP contribution in [0.15, 0.2) is 53.1 Å². The molecule has 0 aliphatic rings. The van der Waals surface area contributed by atoms with Gasteiger partial charge in [0.1, 0.15) is 11.8 Å². The van der Waals surface area contributed by atoms with Crippen molar-refractivity contribution in [2.75, 3.05) is 4.90 Å². The lowest BCUT2D eigenvalue weighted by Gasteiger charge is -2.31. The van der Waals surface area contributed by atoms with Crippen LogP contribution in [0.4, 0.5) is 17.1 Å². The standard InChI is InChI=1S/C31H35Cl2NO/c1-18-12-24(32)28(33)25(13-18)34(29-19(2)14-22(15-20(29)3)31(7,8)9)26-17-35-27-11-10-21(16-23(26)27)30(4,5)6/h10-17H,1-9H3. The van der Waals surface area contributed by atoms with Crippen LogP contribution in [0.1, 0.15) is 69.4 Å². The molecule has 0 bridgehead atoms. The fraction of sp³-hybridized carbons (Fsp3) is 0.355. The van der Waals surface area contributed by atoms with Gasteiger partial charge in [0, 0.05) is 5.39 Å². The Hall–Kier alpha value is -2.42. The fourth-order valence-electron chi connectivity index (χ4n) is 4.64. The largest absolute Gasteiger partial charge is 0.462 e. The minimum absolute atomic E-state index is 0.0119. The molecule has 0 saturated heterocycles. The van der Waals surface area contributed by atoms with Crippen molar-refractivity contribution in [3.63, 3.8) is 0 Å². The third-order valence-electron chi connectivity index (χ3n) is 6.63. The summed E-state index contributed by atoms with van der Waals surface area (Å²) >= 11 is 13.5. The highest BCUT2D eigenvalue weighted by atomic mass is 35.5. The van der Waals surface area contributed by atoms with Crippen molar-refractivity contribution >= 4 is 51.2 Å². The summed E-state index contributed by atoms with van der Waals surface area (Å²) in [5.74, 6) is 0. The number of aryl methyl sites for hydroxylation is 3. The smallest absolute Gasteiger partial charge is 0.136 e. The minimum atomic E-state index is 0.0119. The Bertz CT molecular complexity index is 1390. The molecule has 1 aromatic heterocycles. The first kappa shape index (κ1) is 25.7. The Balaban J connectivity index is 2.08. The number of nitrogens with zero attached hydrogens (tertiary/aromatic N) is 1. The SMILES string of the molecule is Cc1cc(Cl)c(Cl)c(N(c2c(C)cc(C(C)(C)C)cc2C)c2coc3ccc(C(C)(C)C)cc23)c1. The van der Waals surface area contributed by atoms with Crippen LogP contribution in [0, 0.1) is 20.8 Å². The molecule has 35 heavy (non-hydrogen) atoms. The average molecular weight is 509 g/mol. The summed E-state index contributed by atoms with van der Waals surface area (Å²) in [5, 5.41) is 2.11. The van der Waals surface area contributed by atoms with E-state index < -0.39 is 0 Å². The summed E-state index contributed by atoms with van der Waals surface area (Å²) in [4.78, 5) is 2.22. The summed E-state index contributed by atoms with van der Waals surface area (Å²) < 4.78 is 6.08. The number of furan rings is 1. The van der Waals surface area contributed by atoms with Gasteiger partial charge in [0.2, 0.25) is 0 Å². The first-order valence-corrected chi connectivity index (χ1v) is 12.8. The van der Waals surface area contributed by atoms with E-state index in [1.54, 1.807) is 0 Å². The van der Waals surface area contributed by atoms with Crippen molar-refractivity contribution in [1.29, 1.82) is 0 Å². The number of rotatable bonds is 3. The molecule has 4 rings (SSSR count). The van der Waals surface area contributed by atoms with Crippen molar-refractivity contribution in [2.45, 2.75) is 73.1 Å². The van der Waals surface area contributed by atoms with Crippen LogP contribution in [0.3, 0.4) is 0 Å². The lowest BCUT2D eigenvalue weighted by atomic mass is 9.84. The van der Waals surface area contributed by atoms with Gasteiger partial charge >= 0.3 is 0 Å². The Morgan fingerprint density at radius 1 is 0.714 bits per heavy atom. The summed E-state index contributed by atoms with van der Waals surface area (Å²) in [6, 6.07) is 15.0. The minimum Gasteiger partial charge on any atom is -0.462 e. The normalized spacial score (nSPS) is 12.4. The van der Waals surface area contributed by atoms with Crippen molar-refractivity contribution in [2.24, 2.45) is 0 Å². The third kappa shape index (κ3) is 4.84. The van der Waals surface area contributed by atoms with E-state index in [0.717, 1.165) is 33.6 Å². The highest BCUT2D eigenvalue weighted by Crippen LogP contribution is 2.48. The second-order valence-electron chi connectivity index (χ2n) is 11.7. The molecule has 4 aromatic rings.